The molecule has 1 aliphatic rings. The molecule has 6 nitrogen and oxygen atoms in total. The number of hydrogen-bond donors (Lipinski definition) is 1. The van der Waals surface area contributed by atoms with Crippen LogP contribution in [0.25, 0.3) is 0 Å². The Hall–Kier alpha value is -1.30. The van der Waals surface area contributed by atoms with Gasteiger partial charge >= 0.3 is 6.09 Å². The highest BCUT2D eigenvalue weighted by molar-refractivity contribution is 5.77. The van der Waals surface area contributed by atoms with E-state index >= 15 is 0 Å². The molecule has 0 bridgehead atoms. The number of rotatable bonds is 5. The molecule has 0 aliphatic carbocycles. The average Bonchev–Trinajstić information content (AvgIpc) is 2.78. The van der Waals surface area contributed by atoms with Crippen LogP contribution in [-0.4, -0.2) is 53.8 Å². The van der Waals surface area contributed by atoms with E-state index in [0.29, 0.717) is 25.4 Å². The van der Waals surface area contributed by atoms with Gasteiger partial charge in [-0.15, -0.1) is 0 Å². The molecule has 0 radical (unpaired) electrons. The van der Waals surface area contributed by atoms with Gasteiger partial charge in [0.15, 0.2) is 0 Å². The molecule has 1 aliphatic heterocycles. The molecule has 1 rings (SSSR count). The molecular formula is C17H32N2O4. The second kappa shape index (κ2) is 7.51. The second-order valence-corrected chi connectivity index (χ2v) is 7.99. The lowest BCUT2D eigenvalue weighted by Gasteiger charge is -2.27. The van der Waals surface area contributed by atoms with E-state index in [2.05, 4.69) is 19.2 Å². The molecule has 0 saturated carbocycles. The van der Waals surface area contributed by atoms with E-state index in [1.54, 1.807) is 4.90 Å². The largest absolute Gasteiger partial charge is 0.444 e. The molecule has 1 N–H and O–H groups in total. The standard InChI is InChI=1S/C17H32N2O4/c1-12(2)13(3)18-14(20)10-22-17(7)8-9-19(11-17)15(21)23-16(4,5)6/h12-13H,8-11H2,1-7H3,(H,18,20). The van der Waals surface area contributed by atoms with Crippen LogP contribution in [0.5, 0.6) is 0 Å². The molecule has 0 aromatic carbocycles. The minimum Gasteiger partial charge on any atom is -0.444 e. The molecular weight excluding hydrogens is 296 g/mol. The van der Waals surface area contributed by atoms with Gasteiger partial charge in [0.05, 0.1) is 12.1 Å². The summed E-state index contributed by atoms with van der Waals surface area (Å²) >= 11 is 0. The number of likely N-dealkylation sites (tertiary alicyclic amines) is 1. The minimum absolute atomic E-state index is 0.00964. The Labute approximate surface area is 139 Å². The summed E-state index contributed by atoms with van der Waals surface area (Å²) in [6, 6.07) is 0.112. The van der Waals surface area contributed by atoms with E-state index < -0.39 is 11.2 Å². The van der Waals surface area contributed by atoms with Gasteiger partial charge in [0.2, 0.25) is 5.91 Å². The van der Waals surface area contributed by atoms with E-state index in [4.69, 9.17) is 9.47 Å². The van der Waals surface area contributed by atoms with Crippen molar-refractivity contribution in [2.45, 2.75) is 72.1 Å². The molecule has 0 aromatic heterocycles. The summed E-state index contributed by atoms with van der Waals surface area (Å²) in [6.07, 6.45) is 0.363. The van der Waals surface area contributed by atoms with Crippen LogP contribution in [-0.2, 0) is 14.3 Å². The Morgan fingerprint density at radius 2 is 1.87 bits per heavy atom. The fraction of sp³-hybridized carbons (Fsp3) is 0.882. The lowest BCUT2D eigenvalue weighted by atomic mass is 10.1. The summed E-state index contributed by atoms with van der Waals surface area (Å²) in [5.41, 5.74) is -1.01. The number of amides is 2. The van der Waals surface area contributed by atoms with Crippen molar-refractivity contribution in [2.24, 2.45) is 5.92 Å². The molecule has 2 unspecified atom stereocenters. The van der Waals surface area contributed by atoms with Gasteiger partial charge in [-0.25, -0.2) is 4.79 Å². The smallest absolute Gasteiger partial charge is 0.410 e. The van der Waals surface area contributed by atoms with Gasteiger partial charge in [0.25, 0.3) is 0 Å². The SMILES string of the molecule is CC(C)C(C)NC(=O)COC1(C)CCN(C(=O)OC(C)(C)C)C1. The topological polar surface area (TPSA) is 67.9 Å². The highest BCUT2D eigenvalue weighted by Crippen LogP contribution is 2.26. The van der Waals surface area contributed by atoms with Gasteiger partial charge in [0, 0.05) is 12.6 Å². The van der Waals surface area contributed by atoms with Crippen LogP contribution in [0, 0.1) is 5.92 Å². The first kappa shape index (κ1) is 19.7. The van der Waals surface area contributed by atoms with E-state index in [-0.39, 0.29) is 24.6 Å². The van der Waals surface area contributed by atoms with Crippen molar-refractivity contribution in [2.75, 3.05) is 19.7 Å². The first-order chi connectivity index (χ1) is 10.4. The van der Waals surface area contributed by atoms with Crippen LogP contribution in [0.4, 0.5) is 4.79 Å². The molecule has 134 valence electrons. The van der Waals surface area contributed by atoms with Crippen LogP contribution < -0.4 is 5.32 Å². The number of nitrogens with zero attached hydrogens (tertiary/aromatic N) is 1. The van der Waals surface area contributed by atoms with Crippen molar-refractivity contribution in [3.05, 3.63) is 0 Å². The zero-order valence-corrected chi connectivity index (χ0v) is 15.6. The van der Waals surface area contributed by atoms with Gasteiger partial charge in [-0.1, -0.05) is 13.8 Å². The first-order valence-electron chi connectivity index (χ1n) is 8.33. The Bertz CT molecular complexity index is 431. The van der Waals surface area contributed by atoms with Crippen molar-refractivity contribution >= 4 is 12.0 Å². The number of nitrogens with one attached hydrogen (secondary N) is 1. The molecule has 0 spiro atoms. The average molecular weight is 328 g/mol. The van der Waals surface area contributed by atoms with Gasteiger partial charge in [0.1, 0.15) is 12.2 Å². The maximum atomic E-state index is 12.1. The lowest BCUT2D eigenvalue weighted by Crippen LogP contribution is -2.43. The van der Waals surface area contributed by atoms with Gasteiger partial charge in [-0.2, -0.15) is 0 Å². The van der Waals surface area contributed by atoms with Crippen LogP contribution in [0.2, 0.25) is 0 Å². The maximum Gasteiger partial charge on any atom is 0.410 e. The number of carbonyl (C=O) groups is 2. The molecule has 23 heavy (non-hydrogen) atoms. The fourth-order valence-electron chi connectivity index (χ4n) is 2.24. The fourth-order valence-corrected chi connectivity index (χ4v) is 2.24. The van der Waals surface area contributed by atoms with E-state index in [9.17, 15) is 9.59 Å². The first-order valence-corrected chi connectivity index (χ1v) is 8.33. The quantitative estimate of drug-likeness (QED) is 0.842. The number of ether oxygens (including phenoxy) is 2. The van der Waals surface area contributed by atoms with Crippen molar-refractivity contribution in [1.29, 1.82) is 0 Å². The summed E-state index contributed by atoms with van der Waals surface area (Å²) in [5, 5.41) is 2.92. The lowest BCUT2D eigenvalue weighted by molar-refractivity contribution is -0.132. The van der Waals surface area contributed by atoms with Crippen LogP contribution in [0.15, 0.2) is 0 Å². The third kappa shape index (κ3) is 6.77. The predicted octanol–water partition coefficient (Wildman–Crippen LogP) is 2.56. The number of carbonyl (C=O) groups excluding carboxylic acids is 2. The third-order valence-corrected chi connectivity index (χ3v) is 4.03. The molecule has 2 atom stereocenters. The van der Waals surface area contributed by atoms with Gasteiger partial charge < -0.3 is 19.7 Å². The third-order valence-electron chi connectivity index (χ3n) is 4.03. The Morgan fingerprint density at radius 3 is 2.39 bits per heavy atom. The molecule has 2 amide bonds. The summed E-state index contributed by atoms with van der Waals surface area (Å²) in [6.45, 7) is 14.6. The van der Waals surface area contributed by atoms with Crippen LogP contribution in [0.3, 0.4) is 0 Å². The Balaban J connectivity index is 2.44. The maximum absolute atomic E-state index is 12.1. The predicted molar refractivity (Wildman–Crippen MR) is 89.2 cm³/mol. The zero-order chi connectivity index (χ0) is 17.8. The molecule has 1 saturated heterocycles. The summed E-state index contributed by atoms with van der Waals surface area (Å²) < 4.78 is 11.2. The summed E-state index contributed by atoms with van der Waals surface area (Å²) in [4.78, 5) is 25.6. The molecule has 0 aromatic rings. The zero-order valence-electron chi connectivity index (χ0n) is 15.6. The molecule has 1 fully saturated rings. The Morgan fingerprint density at radius 1 is 1.26 bits per heavy atom. The van der Waals surface area contributed by atoms with E-state index in [1.165, 1.54) is 0 Å². The molecule has 1 heterocycles. The monoisotopic (exact) mass is 328 g/mol. The molecule has 6 heteroatoms. The summed E-state index contributed by atoms with van der Waals surface area (Å²) in [7, 11) is 0. The number of hydrogen-bond acceptors (Lipinski definition) is 4. The van der Waals surface area contributed by atoms with E-state index in [0.717, 1.165) is 0 Å². The normalized spacial score (nSPS) is 23.0. The van der Waals surface area contributed by atoms with Crippen LogP contribution in [0.1, 0.15) is 54.9 Å². The van der Waals surface area contributed by atoms with Crippen LogP contribution >= 0.6 is 0 Å². The van der Waals surface area contributed by atoms with Crippen molar-refractivity contribution in [3.63, 3.8) is 0 Å². The van der Waals surface area contributed by atoms with Crippen molar-refractivity contribution < 1.29 is 19.1 Å². The second-order valence-electron chi connectivity index (χ2n) is 7.99. The highest BCUT2D eigenvalue weighted by atomic mass is 16.6. The highest BCUT2D eigenvalue weighted by Gasteiger charge is 2.39. The minimum atomic E-state index is -0.510. The van der Waals surface area contributed by atoms with Crippen molar-refractivity contribution in [3.8, 4) is 0 Å². The van der Waals surface area contributed by atoms with Gasteiger partial charge in [-0.3, -0.25) is 4.79 Å². The van der Waals surface area contributed by atoms with E-state index in [1.807, 2.05) is 34.6 Å². The van der Waals surface area contributed by atoms with Crippen molar-refractivity contribution in [1.82, 2.24) is 10.2 Å². The summed E-state index contributed by atoms with van der Waals surface area (Å²) in [5.74, 6) is 0.256. The Kier molecular flexibility index (Phi) is 6.45. The van der Waals surface area contributed by atoms with Gasteiger partial charge in [-0.05, 0) is 47.0 Å².